The van der Waals surface area contributed by atoms with Gasteiger partial charge in [-0.25, -0.2) is 4.79 Å². The van der Waals surface area contributed by atoms with Crippen LogP contribution in [0.3, 0.4) is 0 Å². The second-order valence-electron chi connectivity index (χ2n) is 5.46. The Hall–Kier alpha value is -1.70. The summed E-state index contributed by atoms with van der Waals surface area (Å²) >= 11 is 18.3. The zero-order valence-corrected chi connectivity index (χ0v) is 16.3. The zero-order valence-electron chi connectivity index (χ0n) is 14.0. The summed E-state index contributed by atoms with van der Waals surface area (Å²) in [6, 6.07) is 3.85. The van der Waals surface area contributed by atoms with E-state index in [0.717, 1.165) is 6.07 Å². The number of methoxy groups -OCH3 is 1. The smallest absolute Gasteiger partial charge is 0.417 e. The van der Waals surface area contributed by atoms with Crippen LogP contribution in [-0.4, -0.2) is 24.2 Å². The molecule has 0 aliphatic carbocycles. The molecule has 1 aromatic carbocycles. The Morgan fingerprint density at radius 3 is 2.44 bits per heavy atom. The number of rotatable bonds is 5. The number of alkyl halides is 3. The number of esters is 1. The van der Waals surface area contributed by atoms with Gasteiger partial charge in [0.25, 0.3) is 0 Å². The largest absolute Gasteiger partial charge is 0.477 e. The van der Waals surface area contributed by atoms with E-state index in [2.05, 4.69) is 9.72 Å². The van der Waals surface area contributed by atoms with Gasteiger partial charge < -0.3 is 9.47 Å². The first-order valence-corrected chi connectivity index (χ1v) is 8.61. The monoisotopic (exact) mass is 441 g/mol. The molecular formula is C17H13Cl3F3NO3. The van der Waals surface area contributed by atoms with Gasteiger partial charge in [-0.15, -0.1) is 0 Å². The Kier molecular flexibility index (Phi) is 6.83. The van der Waals surface area contributed by atoms with Crippen LogP contribution in [-0.2, 0) is 22.1 Å². The first kappa shape index (κ1) is 21.6. The van der Waals surface area contributed by atoms with Crippen LogP contribution in [0.25, 0.3) is 0 Å². The lowest BCUT2D eigenvalue weighted by Gasteiger charge is -2.16. The van der Waals surface area contributed by atoms with Crippen molar-refractivity contribution < 1.29 is 27.4 Å². The highest BCUT2D eigenvalue weighted by molar-refractivity contribution is 6.43. The SMILES string of the molecule is COC(=O)C(C)Oc1ccc(Cc2ncc(C(F)(F)F)cc2Cl)c(Cl)c1Cl. The summed E-state index contributed by atoms with van der Waals surface area (Å²) < 4.78 is 48.0. The summed E-state index contributed by atoms with van der Waals surface area (Å²) in [5, 5.41) is 0.0219. The number of ether oxygens (including phenoxy) is 2. The third-order valence-corrected chi connectivity index (χ3v) is 4.80. The Morgan fingerprint density at radius 2 is 1.89 bits per heavy atom. The minimum atomic E-state index is -4.54. The topological polar surface area (TPSA) is 48.4 Å². The Balaban J connectivity index is 2.26. The normalized spacial score (nSPS) is 12.6. The van der Waals surface area contributed by atoms with E-state index in [9.17, 15) is 18.0 Å². The van der Waals surface area contributed by atoms with Crippen LogP contribution in [0.2, 0.25) is 15.1 Å². The van der Waals surface area contributed by atoms with Crippen molar-refractivity contribution in [3.8, 4) is 5.75 Å². The molecular weight excluding hydrogens is 430 g/mol. The number of nitrogens with zero attached hydrogens (tertiary/aromatic N) is 1. The molecule has 0 bridgehead atoms. The van der Waals surface area contributed by atoms with Gasteiger partial charge in [0.15, 0.2) is 6.10 Å². The van der Waals surface area contributed by atoms with E-state index < -0.39 is 23.8 Å². The number of halogens is 6. The first-order valence-electron chi connectivity index (χ1n) is 7.47. The zero-order chi connectivity index (χ0) is 20.4. The number of carbonyl (C=O) groups excluding carboxylic acids is 1. The fraction of sp³-hybridized carbons (Fsp3) is 0.294. The van der Waals surface area contributed by atoms with Crippen LogP contribution in [0.5, 0.6) is 5.75 Å². The maximum Gasteiger partial charge on any atom is 0.417 e. The van der Waals surface area contributed by atoms with Crippen molar-refractivity contribution in [1.29, 1.82) is 0 Å². The molecule has 2 rings (SSSR count). The second-order valence-corrected chi connectivity index (χ2v) is 6.62. The molecule has 0 radical (unpaired) electrons. The van der Waals surface area contributed by atoms with Crippen LogP contribution in [0, 0.1) is 0 Å². The fourth-order valence-electron chi connectivity index (χ4n) is 2.14. The molecule has 0 aliphatic heterocycles. The van der Waals surface area contributed by atoms with Crippen LogP contribution in [0.1, 0.15) is 23.7 Å². The fourth-order valence-corrected chi connectivity index (χ4v) is 2.82. The third kappa shape index (κ3) is 5.18. The molecule has 10 heteroatoms. The van der Waals surface area contributed by atoms with Crippen LogP contribution in [0.4, 0.5) is 13.2 Å². The molecule has 4 nitrogen and oxygen atoms in total. The Bertz CT molecular complexity index is 859. The van der Waals surface area contributed by atoms with E-state index in [1.807, 2.05) is 0 Å². The maximum absolute atomic E-state index is 12.7. The van der Waals surface area contributed by atoms with Gasteiger partial charge >= 0.3 is 12.1 Å². The van der Waals surface area contributed by atoms with Gasteiger partial charge in [-0.3, -0.25) is 4.98 Å². The van der Waals surface area contributed by atoms with Crippen LogP contribution >= 0.6 is 34.8 Å². The second kappa shape index (κ2) is 8.54. The molecule has 0 aliphatic rings. The minimum Gasteiger partial charge on any atom is -0.477 e. The number of aromatic nitrogens is 1. The molecule has 0 fully saturated rings. The van der Waals surface area contributed by atoms with Gasteiger partial charge in [-0.1, -0.05) is 40.9 Å². The minimum absolute atomic E-state index is 0.0490. The highest BCUT2D eigenvalue weighted by Gasteiger charge is 2.31. The Morgan fingerprint density at radius 1 is 1.22 bits per heavy atom. The summed E-state index contributed by atoms with van der Waals surface area (Å²) in [4.78, 5) is 15.2. The highest BCUT2D eigenvalue weighted by Crippen LogP contribution is 2.37. The molecule has 1 unspecified atom stereocenters. The molecule has 146 valence electrons. The van der Waals surface area contributed by atoms with Crippen molar-refractivity contribution in [1.82, 2.24) is 4.98 Å². The van der Waals surface area contributed by atoms with E-state index in [1.165, 1.54) is 20.1 Å². The Labute approximate surface area is 168 Å². The van der Waals surface area contributed by atoms with Crippen molar-refractivity contribution in [2.24, 2.45) is 0 Å². The number of pyridine rings is 1. The quantitative estimate of drug-likeness (QED) is 0.566. The average molecular weight is 443 g/mol. The van der Waals surface area contributed by atoms with Gasteiger partial charge in [0, 0.05) is 12.6 Å². The molecule has 0 amide bonds. The van der Waals surface area contributed by atoms with Gasteiger partial charge in [0.1, 0.15) is 10.8 Å². The summed E-state index contributed by atoms with van der Waals surface area (Å²) in [6.07, 6.45) is -4.68. The van der Waals surface area contributed by atoms with E-state index in [1.54, 1.807) is 6.07 Å². The van der Waals surface area contributed by atoms with Gasteiger partial charge in [-0.2, -0.15) is 13.2 Å². The highest BCUT2D eigenvalue weighted by atomic mass is 35.5. The average Bonchev–Trinajstić information content (AvgIpc) is 2.61. The van der Waals surface area contributed by atoms with Crippen molar-refractivity contribution in [3.63, 3.8) is 0 Å². The summed E-state index contributed by atoms with van der Waals surface area (Å²) in [7, 11) is 1.22. The van der Waals surface area contributed by atoms with E-state index in [-0.39, 0.29) is 32.9 Å². The summed E-state index contributed by atoms with van der Waals surface area (Å²) in [5.41, 5.74) is -0.256. The lowest BCUT2D eigenvalue weighted by molar-refractivity contribution is -0.147. The molecule has 1 heterocycles. The molecule has 0 saturated heterocycles. The third-order valence-electron chi connectivity index (χ3n) is 3.57. The van der Waals surface area contributed by atoms with E-state index in [4.69, 9.17) is 39.5 Å². The summed E-state index contributed by atoms with van der Waals surface area (Å²) in [5.74, 6) is -0.429. The predicted octanol–water partition coefficient (Wildman–Crippen LogP) is 5.59. The molecule has 1 atom stereocenters. The van der Waals surface area contributed by atoms with E-state index in [0.29, 0.717) is 11.8 Å². The number of hydrogen-bond donors (Lipinski definition) is 0. The molecule has 27 heavy (non-hydrogen) atoms. The number of hydrogen-bond acceptors (Lipinski definition) is 4. The van der Waals surface area contributed by atoms with Crippen molar-refractivity contribution >= 4 is 40.8 Å². The van der Waals surface area contributed by atoms with E-state index >= 15 is 0 Å². The van der Waals surface area contributed by atoms with Crippen molar-refractivity contribution in [3.05, 3.63) is 56.3 Å². The van der Waals surface area contributed by atoms with Crippen molar-refractivity contribution in [2.45, 2.75) is 25.6 Å². The molecule has 2 aromatic rings. The molecule has 1 aromatic heterocycles. The molecule has 0 saturated carbocycles. The molecule has 0 spiro atoms. The lowest BCUT2D eigenvalue weighted by Crippen LogP contribution is -2.25. The standard InChI is InChI=1S/C17H13Cl3F3NO3/c1-8(16(25)26-2)27-13-4-3-9(14(19)15(13)20)5-12-11(18)6-10(7-24-12)17(21,22)23/h3-4,6-8H,5H2,1-2H3. The van der Waals surface area contributed by atoms with Crippen LogP contribution < -0.4 is 4.74 Å². The lowest BCUT2D eigenvalue weighted by atomic mass is 10.1. The summed E-state index contributed by atoms with van der Waals surface area (Å²) in [6.45, 7) is 1.48. The van der Waals surface area contributed by atoms with Crippen LogP contribution in [0.15, 0.2) is 24.4 Å². The van der Waals surface area contributed by atoms with Gasteiger partial charge in [-0.05, 0) is 24.6 Å². The molecule has 0 N–H and O–H groups in total. The number of carbonyl (C=O) groups is 1. The number of benzene rings is 1. The first-order chi connectivity index (χ1) is 12.5. The van der Waals surface area contributed by atoms with Gasteiger partial charge in [0.05, 0.1) is 28.4 Å². The van der Waals surface area contributed by atoms with Gasteiger partial charge in [0.2, 0.25) is 0 Å². The maximum atomic E-state index is 12.7. The van der Waals surface area contributed by atoms with Crippen molar-refractivity contribution in [2.75, 3.05) is 7.11 Å². The predicted molar refractivity (Wildman–Crippen MR) is 95.6 cm³/mol.